The van der Waals surface area contributed by atoms with Gasteiger partial charge in [0.25, 0.3) is 0 Å². The van der Waals surface area contributed by atoms with E-state index in [1.807, 2.05) is 10.9 Å². The minimum Gasteiger partial charge on any atom is -0.464 e. The zero-order chi connectivity index (χ0) is 16.5. The Morgan fingerprint density at radius 3 is 3.00 bits per heavy atom. The van der Waals surface area contributed by atoms with Crippen LogP contribution < -0.4 is 5.32 Å². The van der Waals surface area contributed by atoms with Crippen LogP contribution in [0.4, 0.5) is 0 Å². The van der Waals surface area contributed by atoms with Gasteiger partial charge in [-0.1, -0.05) is 6.92 Å². The number of aromatic nitrogens is 2. The molecule has 3 heterocycles. The first-order valence-corrected chi connectivity index (χ1v) is 9.19. The molecule has 0 radical (unpaired) electrons. The highest BCUT2D eigenvalue weighted by Gasteiger charge is 2.36. The molecule has 1 aliphatic carbocycles. The van der Waals surface area contributed by atoms with Crippen molar-refractivity contribution < 1.29 is 9.15 Å². The van der Waals surface area contributed by atoms with E-state index in [1.165, 1.54) is 12.1 Å². The fourth-order valence-corrected chi connectivity index (χ4v) is 3.81. The van der Waals surface area contributed by atoms with Crippen LogP contribution >= 0.6 is 0 Å². The maximum atomic E-state index is 5.99. The Labute approximate surface area is 143 Å². The van der Waals surface area contributed by atoms with Crippen LogP contribution in [0.1, 0.15) is 55.9 Å². The normalized spacial score (nSPS) is 29.2. The van der Waals surface area contributed by atoms with Crippen LogP contribution in [0.15, 0.2) is 28.8 Å². The van der Waals surface area contributed by atoms with Crippen molar-refractivity contribution in [3.8, 4) is 0 Å². The van der Waals surface area contributed by atoms with E-state index in [9.17, 15) is 0 Å². The third-order valence-electron chi connectivity index (χ3n) is 5.42. The summed E-state index contributed by atoms with van der Waals surface area (Å²) in [6, 6.07) is 6.34. The van der Waals surface area contributed by atoms with Gasteiger partial charge in [0.15, 0.2) is 0 Å². The second-order valence-corrected chi connectivity index (χ2v) is 7.17. The lowest BCUT2D eigenvalue weighted by molar-refractivity contribution is 0.0828. The quantitative estimate of drug-likeness (QED) is 0.845. The molecular weight excluding hydrogens is 302 g/mol. The van der Waals surface area contributed by atoms with E-state index in [4.69, 9.17) is 9.15 Å². The minimum absolute atomic E-state index is 0.152. The van der Waals surface area contributed by atoms with E-state index in [0.717, 1.165) is 50.1 Å². The van der Waals surface area contributed by atoms with Gasteiger partial charge in [-0.15, -0.1) is 0 Å². The Morgan fingerprint density at radius 1 is 1.33 bits per heavy atom. The van der Waals surface area contributed by atoms with E-state index in [1.54, 1.807) is 0 Å². The van der Waals surface area contributed by atoms with Gasteiger partial charge in [0, 0.05) is 37.7 Å². The third-order valence-corrected chi connectivity index (χ3v) is 5.42. The van der Waals surface area contributed by atoms with Gasteiger partial charge in [-0.25, -0.2) is 0 Å². The summed E-state index contributed by atoms with van der Waals surface area (Å²) in [4.78, 5) is 0. The highest BCUT2D eigenvalue weighted by molar-refractivity contribution is 5.17. The van der Waals surface area contributed by atoms with Crippen LogP contribution in [0.2, 0.25) is 0 Å². The molecule has 24 heavy (non-hydrogen) atoms. The maximum Gasteiger partial charge on any atom is 0.117 e. The van der Waals surface area contributed by atoms with E-state index < -0.39 is 0 Å². The van der Waals surface area contributed by atoms with Crippen LogP contribution in [0, 0.1) is 11.8 Å². The second-order valence-electron chi connectivity index (χ2n) is 7.17. The number of hydrogen-bond donors (Lipinski definition) is 1. The first-order valence-electron chi connectivity index (χ1n) is 9.19. The lowest BCUT2D eigenvalue weighted by Crippen LogP contribution is -2.25. The maximum absolute atomic E-state index is 5.99. The van der Waals surface area contributed by atoms with Crippen molar-refractivity contribution in [3.05, 3.63) is 41.6 Å². The molecule has 4 rings (SSSR count). The predicted molar refractivity (Wildman–Crippen MR) is 91.6 cm³/mol. The standard InChI is InChI=1S/C19H27N3O2/c1-3-22-17(6-8-21-22)19-14(7-9-23-19)11-20-12-15-4-5-18(24-15)16-10-13(16)2/h4-6,8,13-14,16,19-20H,3,7,9-12H2,1-2H3/t13-,14-,16-,19+/m0/s1. The molecule has 0 unspecified atom stereocenters. The molecule has 1 saturated heterocycles. The molecule has 0 bridgehead atoms. The monoisotopic (exact) mass is 329 g/mol. The zero-order valence-corrected chi connectivity index (χ0v) is 14.6. The second kappa shape index (κ2) is 6.73. The van der Waals surface area contributed by atoms with Gasteiger partial charge in [0.05, 0.1) is 12.2 Å². The van der Waals surface area contributed by atoms with E-state index in [0.29, 0.717) is 11.8 Å². The minimum atomic E-state index is 0.152. The zero-order valence-electron chi connectivity index (χ0n) is 14.6. The van der Waals surface area contributed by atoms with Crippen molar-refractivity contribution in [3.63, 3.8) is 0 Å². The SMILES string of the molecule is CCn1nccc1[C@@H]1OCC[C@H]1CNCc1ccc([C@H]2C[C@@H]2C)o1. The highest BCUT2D eigenvalue weighted by Crippen LogP contribution is 2.47. The summed E-state index contributed by atoms with van der Waals surface area (Å²) in [5.74, 6) is 4.13. The first kappa shape index (κ1) is 15.9. The van der Waals surface area contributed by atoms with Crippen LogP contribution in [-0.4, -0.2) is 22.9 Å². The number of rotatable bonds is 7. The molecule has 4 atom stereocenters. The summed E-state index contributed by atoms with van der Waals surface area (Å²) in [7, 11) is 0. The van der Waals surface area contributed by atoms with E-state index in [-0.39, 0.29) is 6.10 Å². The number of furan rings is 1. The summed E-state index contributed by atoms with van der Waals surface area (Å²) in [6.07, 6.45) is 4.38. The largest absolute Gasteiger partial charge is 0.464 e. The molecule has 0 spiro atoms. The van der Waals surface area contributed by atoms with Crippen LogP contribution in [0.5, 0.6) is 0 Å². The first-order chi connectivity index (χ1) is 11.8. The van der Waals surface area contributed by atoms with Crippen LogP contribution in [-0.2, 0) is 17.8 Å². The number of aryl methyl sites for hydroxylation is 1. The summed E-state index contributed by atoms with van der Waals surface area (Å²) in [5.41, 5.74) is 1.20. The number of hydrogen-bond acceptors (Lipinski definition) is 4. The number of nitrogens with one attached hydrogen (secondary N) is 1. The highest BCUT2D eigenvalue weighted by atomic mass is 16.5. The van der Waals surface area contributed by atoms with Gasteiger partial charge in [-0.3, -0.25) is 4.68 Å². The lowest BCUT2D eigenvalue weighted by atomic mass is 9.99. The molecule has 0 amide bonds. The molecule has 5 nitrogen and oxygen atoms in total. The molecule has 0 aromatic carbocycles. The van der Waals surface area contributed by atoms with Gasteiger partial charge in [-0.05, 0) is 43.9 Å². The average molecular weight is 329 g/mol. The average Bonchev–Trinajstić information content (AvgIpc) is 3.04. The molecule has 2 aromatic heterocycles. The summed E-state index contributed by atoms with van der Waals surface area (Å²) < 4.78 is 14.0. The van der Waals surface area contributed by atoms with Crippen molar-refractivity contribution in [1.82, 2.24) is 15.1 Å². The molecule has 5 heteroatoms. The Bertz CT molecular complexity index is 678. The van der Waals surface area contributed by atoms with Crippen LogP contribution in [0.3, 0.4) is 0 Å². The lowest BCUT2D eigenvalue weighted by Gasteiger charge is -2.19. The van der Waals surface area contributed by atoms with E-state index in [2.05, 4.69) is 42.5 Å². The fourth-order valence-electron chi connectivity index (χ4n) is 3.81. The van der Waals surface area contributed by atoms with Gasteiger partial charge >= 0.3 is 0 Å². The molecule has 130 valence electrons. The van der Waals surface area contributed by atoms with Gasteiger partial charge in [-0.2, -0.15) is 5.10 Å². The number of nitrogens with zero attached hydrogens (tertiary/aromatic N) is 2. The Hall–Kier alpha value is -1.59. The van der Waals surface area contributed by atoms with Gasteiger partial charge < -0.3 is 14.5 Å². The fraction of sp³-hybridized carbons (Fsp3) is 0.632. The summed E-state index contributed by atoms with van der Waals surface area (Å²) in [6.45, 7) is 7.85. The third kappa shape index (κ3) is 3.15. The van der Waals surface area contributed by atoms with Crippen molar-refractivity contribution in [2.45, 2.75) is 51.8 Å². The topological polar surface area (TPSA) is 52.2 Å². The van der Waals surface area contributed by atoms with Gasteiger partial charge in [0.2, 0.25) is 0 Å². The van der Waals surface area contributed by atoms with Crippen molar-refractivity contribution >= 4 is 0 Å². The number of ether oxygens (including phenoxy) is 1. The summed E-state index contributed by atoms with van der Waals surface area (Å²) >= 11 is 0. The molecular formula is C19H27N3O2. The van der Waals surface area contributed by atoms with Crippen molar-refractivity contribution in [1.29, 1.82) is 0 Å². The predicted octanol–water partition coefficient (Wildman–Crippen LogP) is 3.49. The Kier molecular flexibility index (Phi) is 4.46. The molecule has 1 aliphatic heterocycles. The molecule has 1 N–H and O–H groups in total. The van der Waals surface area contributed by atoms with Crippen LogP contribution in [0.25, 0.3) is 0 Å². The summed E-state index contributed by atoms with van der Waals surface area (Å²) in [5, 5.41) is 7.93. The Morgan fingerprint density at radius 2 is 2.21 bits per heavy atom. The van der Waals surface area contributed by atoms with E-state index >= 15 is 0 Å². The Balaban J connectivity index is 1.31. The molecule has 1 saturated carbocycles. The van der Waals surface area contributed by atoms with Crippen molar-refractivity contribution in [2.75, 3.05) is 13.2 Å². The molecule has 2 fully saturated rings. The molecule has 2 aliphatic rings. The van der Waals surface area contributed by atoms with Crippen molar-refractivity contribution in [2.24, 2.45) is 11.8 Å². The van der Waals surface area contributed by atoms with Gasteiger partial charge in [0.1, 0.15) is 17.6 Å². The molecule has 2 aromatic rings. The smallest absolute Gasteiger partial charge is 0.117 e.